The summed E-state index contributed by atoms with van der Waals surface area (Å²) in [6.07, 6.45) is 2.05. The third-order valence-electron chi connectivity index (χ3n) is 4.29. The predicted octanol–water partition coefficient (Wildman–Crippen LogP) is 4.17. The summed E-state index contributed by atoms with van der Waals surface area (Å²) in [5, 5.41) is 8.18. The molecule has 0 saturated heterocycles. The van der Waals surface area contributed by atoms with Gasteiger partial charge in [0.25, 0.3) is 5.91 Å². The number of hydrogen-bond donors (Lipinski definition) is 3. The topological polar surface area (TPSA) is 96.5 Å². The quantitative estimate of drug-likeness (QED) is 0.345. The van der Waals surface area contributed by atoms with Gasteiger partial charge in [-0.3, -0.25) is 14.9 Å². The molecule has 0 unspecified atom stereocenters. The molecule has 0 aliphatic heterocycles. The number of carbonyl (C=O) groups is 3. The zero-order valence-electron chi connectivity index (χ0n) is 18.5. The van der Waals surface area contributed by atoms with Crippen LogP contribution < -0.4 is 16.0 Å². The first-order valence-electron chi connectivity index (χ1n) is 10.1. The Morgan fingerprint density at radius 1 is 0.969 bits per heavy atom. The Labute approximate surface area is 193 Å². The maximum absolute atomic E-state index is 12.6. The molecule has 2 aromatic rings. The van der Waals surface area contributed by atoms with Crippen LogP contribution in [0.2, 0.25) is 0 Å². The molecule has 0 aliphatic rings. The van der Waals surface area contributed by atoms with Crippen molar-refractivity contribution in [1.29, 1.82) is 0 Å². The number of nitrogens with one attached hydrogen (secondary N) is 3. The van der Waals surface area contributed by atoms with E-state index in [0.717, 1.165) is 17.7 Å². The Kier molecular flexibility index (Phi) is 8.66. The lowest BCUT2D eigenvalue weighted by molar-refractivity contribution is -0.137. The molecular weight excluding hydrogens is 426 g/mol. The summed E-state index contributed by atoms with van der Waals surface area (Å²) >= 11 is 5.11. The van der Waals surface area contributed by atoms with Crippen LogP contribution in [0.5, 0.6) is 0 Å². The van der Waals surface area contributed by atoms with Gasteiger partial charge >= 0.3 is 5.97 Å². The second-order valence-electron chi connectivity index (χ2n) is 7.89. The van der Waals surface area contributed by atoms with E-state index in [4.69, 9.17) is 17.0 Å². The summed E-state index contributed by atoms with van der Waals surface area (Å²) < 4.78 is 4.70. The summed E-state index contributed by atoms with van der Waals surface area (Å²) in [6.45, 7) is 8.24. The summed E-state index contributed by atoms with van der Waals surface area (Å²) in [6, 6.07) is 14.4. The zero-order valence-corrected chi connectivity index (χ0v) is 19.3. The summed E-state index contributed by atoms with van der Waals surface area (Å²) in [4.78, 5) is 35.6. The average Bonchev–Trinajstić information content (AvgIpc) is 2.72. The molecule has 0 spiro atoms. The van der Waals surface area contributed by atoms with Crippen LogP contribution in [-0.4, -0.2) is 29.5 Å². The maximum atomic E-state index is 12.6. The molecule has 2 amide bonds. The fourth-order valence-electron chi connectivity index (χ4n) is 2.65. The van der Waals surface area contributed by atoms with Crippen LogP contribution in [0.25, 0.3) is 0 Å². The second kappa shape index (κ2) is 11.2. The SMILES string of the molecule is CCOC(=O)/C=C/C(=O)NC(=S)Nc1cccc(NC(=O)c2ccc(C(C)(C)C)cc2)c1. The molecule has 7 nitrogen and oxygen atoms in total. The number of esters is 1. The molecule has 32 heavy (non-hydrogen) atoms. The minimum atomic E-state index is -0.613. The van der Waals surface area contributed by atoms with Gasteiger partial charge in [0.05, 0.1) is 6.61 Å². The Bertz CT molecular complexity index is 1020. The van der Waals surface area contributed by atoms with E-state index in [1.165, 1.54) is 0 Å². The number of ether oxygens (including phenoxy) is 1. The largest absolute Gasteiger partial charge is 0.463 e. The van der Waals surface area contributed by atoms with E-state index in [1.807, 2.05) is 12.1 Å². The summed E-state index contributed by atoms with van der Waals surface area (Å²) in [5.41, 5.74) is 2.85. The van der Waals surface area contributed by atoms with Gasteiger partial charge in [-0.25, -0.2) is 4.79 Å². The van der Waals surface area contributed by atoms with Crippen molar-refractivity contribution >= 4 is 46.5 Å². The van der Waals surface area contributed by atoms with Crippen LogP contribution in [0.4, 0.5) is 11.4 Å². The van der Waals surface area contributed by atoms with Crippen LogP contribution in [0.1, 0.15) is 43.6 Å². The molecule has 0 fully saturated rings. The Balaban J connectivity index is 1.95. The fourth-order valence-corrected chi connectivity index (χ4v) is 2.87. The van der Waals surface area contributed by atoms with E-state index >= 15 is 0 Å². The van der Waals surface area contributed by atoms with Crippen LogP contribution >= 0.6 is 12.2 Å². The average molecular weight is 454 g/mol. The third-order valence-corrected chi connectivity index (χ3v) is 4.49. The highest BCUT2D eigenvalue weighted by Crippen LogP contribution is 2.22. The van der Waals surface area contributed by atoms with Gasteiger partial charge in [-0.05, 0) is 60.5 Å². The van der Waals surface area contributed by atoms with E-state index < -0.39 is 11.9 Å². The molecule has 8 heteroatoms. The predicted molar refractivity (Wildman–Crippen MR) is 130 cm³/mol. The van der Waals surface area contributed by atoms with Crippen molar-refractivity contribution in [2.24, 2.45) is 0 Å². The Hall–Kier alpha value is -3.52. The van der Waals surface area contributed by atoms with Crippen molar-refractivity contribution in [1.82, 2.24) is 5.32 Å². The molecule has 0 atom stereocenters. The summed E-state index contributed by atoms with van der Waals surface area (Å²) in [5.74, 6) is -1.42. The number of carbonyl (C=O) groups excluding carboxylic acids is 3. The van der Waals surface area contributed by atoms with Crippen molar-refractivity contribution in [2.45, 2.75) is 33.1 Å². The normalized spacial score (nSPS) is 11.0. The highest BCUT2D eigenvalue weighted by Gasteiger charge is 2.14. The molecule has 3 N–H and O–H groups in total. The first-order chi connectivity index (χ1) is 15.1. The standard InChI is InChI=1S/C24H27N3O4S/c1-5-31-21(29)14-13-20(28)27-23(32)26-19-8-6-7-18(15-19)25-22(30)16-9-11-17(12-10-16)24(2,3)4/h6-15H,5H2,1-4H3,(H,25,30)(H2,26,27,28,32)/b14-13+. The van der Waals surface area contributed by atoms with E-state index in [2.05, 4.69) is 36.7 Å². The molecule has 2 rings (SSSR count). The number of anilines is 2. The number of amides is 2. The first-order valence-corrected chi connectivity index (χ1v) is 10.5. The first kappa shape index (κ1) is 24.7. The highest BCUT2D eigenvalue weighted by atomic mass is 32.1. The summed E-state index contributed by atoms with van der Waals surface area (Å²) in [7, 11) is 0. The molecule has 0 heterocycles. The van der Waals surface area contributed by atoms with Crippen LogP contribution in [-0.2, 0) is 19.7 Å². The van der Waals surface area contributed by atoms with Crippen LogP contribution in [0, 0.1) is 0 Å². The van der Waals surface area contributed by atoms with Gasteiger partial charge in [-0.15, -0.1) is 0 Å². The zero-order chi connectivity index (χ0) is 23.7. The molecule has 2 aromatic carbocycles. The smallest absolute Gasteiger partial charge is 0.330 e. The molecule has 0 bridgehead atoms. The fraction of sp³-hybridized carbons (Fsp3) is 0.250. The lowest BCUT2D eigenvalue weighted by Crippen LogP contribution is -2.33. The molecular formula is C24H27N3O4S. The minimum Gasteiger partial charge on any atom is -0.463 e. The third kappa shape index (κ3) is 7.96. The number of thiocarbonyl (C=S) groups is 1. The van der Waals surface area contributed by atoms with Crippen molar-refractivity contribution in [3.05, 3.63) is 71.8 Å². The van der Waals surface area contributed by atoms with E-state index in [-0.39, 0.29) is 23.0 Å². The van der Waals surface area contributed by atoms with Gasteiger partial charge in [0.15, 0.2) is 5.11 Å². The Morgan fingerprint density at radius 3 is 2.19 bits per heavy atom. The van der Waals surface area contributed by atoms with Gasteiger partial charge in [0.2, 0.25) is 5.91 Å². The molecule has 0 aliphatic carbocycles. The van der Waals surface area contributed by atoms with Gasteiger partial charge in [-0.1, -0.05) is 39.0 Å². The van der Waals surface area contributed by atoms with Crippen molar-refractivity contribution in [2.75, 3.05) is 17.2 Å². The van der Waals surface area contributed by atoms with Gasteiger partial charge in [0.1, 0.15) is 0 Å². The van der Waals surface area contributed by atoms with Gasteiger partial charge in [-0.2, -0.15) is 0 Å². The van der Waals surface area contributed by atoms with Crippen LogP contribution in [0.3, 0.4) is 0 Å². The van der Waals surface area contributed by atoms with Crippen molar-refractivity contribution in [3.8, 4) is 0 Å². The van der Waals surface area contributed by atoms with Gasteiger partial charge in [0, 0.05) is 29.1 Å². The number of rotatable bonds is 6. The Morgan fingerprint density at radius 2 is 1.59 bits per heavy atom. The van der Waals surface area contributed by atoms with Crippen molar-refractivity contribution < 1.29 is 19.1 Å². The monoisotopic (exact) mass is 453 g/mol. The van der Waals surface area contributed by atoms with Crippen LogP contribution in [0.15, 0.2) is 60.7 Å². The lowest BCUT2D eigenvalue weighted by Gasteiger charge is -2.19. The molecule has 0 aromatic heterocycles. The molecule has 168 valence electrons. The maximum Gasteiger partial charge on any atom is 0.330 e. The van der Waals surface area contributed by atoms with E-state index in [0.29, 0.717) is 16.9 Å². The van der Waals surface area contributed by atoms with E-state index in [1.54, 1.807) is 43.3 Å². The number of hydrogen-bond acceptors (Lipinski definition) is 5. The highest BCUT2D eigenvalue weighted by molar-refractivity contribution is 7.80. The molecule has 0 radical (unpaired) electrons. The lowest BCUT2D eigenvalue weighted by atomic mass is 9.87. The number of benzene rings is 2. The van der Waals surface area contributed by atoms with Gasteiger partial charge < -0.3 is 15.4 Å². The van der Waals surface area contributed by atoms with Crippen molar-refractivity contribution in [3.63, 3.8) is 0 Å². The second-order valence-corrected chi connectivity index (χ2v) is 8.30. The minimum absolute atomic E-state index is 0.0114. The molecule has 0 saturated carbocycles. The van der Waals surface area contributed by atoms with E-state index in [9.17, 15) is 14.4 Å².